The van der Waals surface area contributed by atoms with Gasteiger partial charge in [-0.3, -0.25) is 9.59 Å². The molecule has 0 atom stereocenters. The average Bonchev–Trinajstić information content (AvgIpc) is 2.34. The summed E-state index contributed by atoms with van der Waals surface area (Å²) < 4.78 is 5.73. The molecule has 1 aromatic rings. The lowest BCUT2D eigenvalue weighted by atomic mass is 10.1. The van der Waals surface area contributed by atoms with Gasteiger partial charge in [0.2, 0.25) is 5.91 Å². The van der Waals surface area contributed by atoms with E-state index in [0.29, 0.717) is 13.2 Å². The van der Waals surface area contributed by atoms with Gasteiger partial charge in [0.05, 0.1) is 6.61 Å². The van der Waals surface area contributed by atoms with Crippen LogP contribution in [0.3, 0.4) is 0 Å². The van der Waals surface area contributed by atoms with E-state index in [1.807, 2.05) is 25.1 Å². The molecule has 0 aliphatic carbocycles. The van der Waals surface area contributed by atoms with Crippen LogP contribution in [0.25, 0.3) is 0 Å². The van der Waals surface area contributed by atoms with Crippen LogP contribution < -0.4 is 0 Å². The molecule has 0 N–H and O–H groups in total. The Hall–Kier alpha value is -1.36. The molecule has 19 heavy (non-hydrogen) atoms. The number of amides is 1. The summed E-state index contributed by atoms with van der Waals surface area (Å²) in [5, 5.41) is 0. The number of halogens is 1. The first kappa shape index (κ1) is 15.7. The number of esters is 1. The molecule has 104 valence electrons. The van der Waals surface area contributed by atoms with Gasteiger partial charge < -0.3 is 9.64 Å². The van der Waals surface area contributed by atoms with E-state index < -0.39 is 5.97 Å². The molecule has 1 amide bonds. The van der Waals surface area contributed by atoms with Crippen LogP contribution in [-0.4, -0.2) is 30.4 Å². The average molecular weight is 328 g/mol. The van der Waals surface area contributed by atoms with Gasteiger partial charge in [-0.15, -0.1) is 0 Å². The highest BCUT2D eigenvalue weighted by Crippen LogP contribution is 2.17. The second kappa shape index (κ2) is 7.28. The molecule has 1 rings (SSSR count). The van der Waals surface area contributed by atoms with E-state index in [-0.39, 0.29) is 12.3 Å². The van der Waals surface area contributed by atoms with Gasteiger partial charge in [-0.2, -0.15) is 0 Å². The van der Waals surface area contributed by atoms with Gasteiger partial charge in [-0.05, 0) is 37.1 Å². The van der Waals surface area contributed by atoms with Crippen molar-refractivity contribution in [2.75, 3.05) is 13.7 Å². The highest BCUT2D eigenvalue weighted by Gasteiger charge is 2.15. The third-order valence-electron chi connectivity index (χ3n) is 2.75. The first-order chi connectivity index (χ1) is 8.93. The molecular weight excluding hydrogens is 310 g/mol. The molecule has 0 bridgehead atoms. The Kier molecular flexibility index (Phi) is 6.02. The van der Waals surface area contributed by atoms with E-state index in [0.717, 1.165) is 15.6 Å². The molecule has 4 nitrogen and oxygen atoms in total. The molecule has 0 aromatic heterocycles. The Labute approximate surface area is 121 Å². The van der Waals surface area contributed by atoms with E-state index in [4.69, 9.17) is 4.74 Å². The van der Waals surface area contributed by atoms with Gasteiger partial charge in [0.25, 0.3) is 0 Å². The monoisotopic (exact) mass is 327 g/mol. The Bertz CT molecular complexity index is 474. The summed E-state index contributed by atoms with van der Waals surface area (Å²) in [5.41, 5.74) is 2.16. The Morgan fingerprint density at radius 3 is 2.68 bits per heavy atom. The minimum absolute atomic E-state index is 0.211. The third-order valence-corrected chi connectivity index (χ3v) is 3.24. The molecule has 0 saturated heterocycles. The first-order valence-electron chi connectivity index (χ1n) is 6.08. The van der Waals surface area contributed by atoms with Gasteiger partial charge in [0.15, 0.2) is 0 Å². The van der Waals surface area contributed by atoms with Crippen LogP contribution in [0.5, 0.6) is 0 Å². The first-order valence-corrected chi connectivity index (χ1v) is 6.88. The normalized spacial score (nSPS) is 10.1. The lowest BCUT2D eigenvalue weighted by Gasteiger charge is -2.18. The van der Waals surface area contributed by atoms with Crippen molar-refractivity contribution < 1.29 is 14.3 Å². The van der Waals surface area contributed by atoms with Crippen molar-refractivity contribution in [1.82, 2.24) is 4.90 Å². The molecule has 0 unspecified atom stereocenters. The lowest BCUT2D eigenvalue weighted by Crippen LogP contribution is -2.29. The van der Waals surface area contributed by atoms with Crippen LogP contribution in [0.4, 0.5) is 0 Å². The van der Waals surface area contributed by atoms with Gasteiger partial charge in [-0.1, -0.05) is 22.0 Å². The largest absolute Gasteiger partial charge is 0.466 e. The number of nitrogens with zero attached hydrogens (tertiary/aromatic N) is 1. The fraction of sp³-hybridized carbons (Fsp3) is 0.429. The van der Waals surface area contributed by atoms with Gasteiger partial charge >= 0.3 is 5.97 Å². The summed E-state index contributed by atoms with van der Waals surface area (Å²) in [6.45, 7) is 4.48. The summed E-state index contributed by atoms with van der Waals surface area (Å²) in [6, 6.07) is 5.92. The molecule has 0 heterocycles. The number of hydrogen-bond acceptors (Lipinski definition) is 3. The molecule has 0 aliphatic rings. The zero-order valence-corrected chi connectivity index (χ0v) is 13.0. The van der Waals surface area contributed by atoms with E-state index in [9.17, 15) is 9.59 Å². The van der Waals surface area contributed by atoms with Crippen LogP contribution >= 0.6 is 15.9 Å². The zero-order valence-electron chi connectivity index (χ0n) is 11.4. The van der Waals surface area contributed by atoms with Gasteiger partial charge in [-0.25, -0.2) is 0 Å². The summed E-state index contributed by atoms with van der Waals surface area (Å²) >= 11 is 3.41. The Morgan fingerprint density at radius 2 is 2.05 bits per heavy atom. The predicted octanol–water partition coefficient (Wildman–Crippen LogP) is 2.67. The zero-order chi connectivity index (χ0) is 14.4. The van der Waals surface area contributed by atoms with Crippen LogP contribution in [0.1, 0.15) is 24.5 Å². The van der Waals surface area contributed by atoms with E-state index in [2.05, 4.69) is 15.9 Å². The van der Waals surface area contributed by atoms with E-state index in [1.165, 1.54) is 4.90 Å². The second-order valence-corrected chi connectivity index (χ2v) is 5.22. The van der Waals surface area contributed by atoms with Crippen LogP contribution in [0.15, 0.2) is 22.7 Å². The fourth-order valence-electron chi connectivity index (χ4n) is 1.62. The quantitative estimate of drug-likeness (QED) is 0.617. The van der Waals surface area contributed by atoms with Gasteiger partial charge in [0, 0.05) is 18.1 Å². The number of rotatable bonds is 5. The summed E-state index contributed by atoms with van der Waals surface area (Å²) in [7, 11) is 1.68. The van der Waals surface area contributed by atoms with Crippen molar-refractivity contribution in [3.8, 4) is 0 Å². The number of benzene rings is 1. The maximum absolute atomic E-state index is 11.8. The van der Waals surface area contributed by atoms with Crippen molar-refractivity contribution >= 4 is 27.8 Å². The molecule has 0 radical (unpaired) electrons. The van der Waals surface area contributed by atoms with Crippen molar-refractivity contribution in [1.29, 1.82) is 0 Å². The predicted molar refractivity (Wildman–Crippen MR) is 76.6 cm³/mol. The molecular formula is C14H18BrNO3. The minimum atomic E-state index is -0.481. The fourth-order valence-corrected chi connectivity index (χ4v) is 2.03. The molecule has 0 spiro atoms. The SMILES string of the molecule is CCOC(=O)CC(=O)N(C)Cc1cc(Br)ccc1C. The number of ether oxygens (including phenoxy) is 1. The van der Waals surface area contributed by atoms with Crippen molar-refractivity contribution in [2.24, 2.45) is 0 Å². The Morgan fingerprint density at radius 1 is 1.37 bits per heavy atom. The smallest absolute Gasteiger partial charge is 0.315 e. The topological polar surface area (TPSA) is 46.6 Å². The van der Waals surface area contributed by atoms with Crippen LogP contribution in [-0.2, 0) is 20.9 Å². The summed E-state index contributed by atoms with van der Waals surface area (Å²) in [5.74, 6) is -0.719. The maximum atomic E-state index is 11.8. The number of aryl methyl sites for hydroxylation is 1. The molecule has 1 aromatic carbocycles. The number of carbonyl (C=O) groups excluding carboxylic acids is 2. The number of carbonyl (C=O) groups is 2. The molecule has 0 saturated carbocycles. The maximum Gasteiger partial charge on any atom is 0.315 e. The highest BCUT2D eigenvalue weighted by atomic mass is 79.9. The van der Waals surface area contributed by atoms with Crippen LogP contribution in [0.2, 0.25) is 0 Å². The van der Waals surface area contributed by atoms with Crippen molar-refractivity contribution in [2.45, 2.75) is 26.8 Å². The van der Waals surface area contributed by atoms with Crippen LogP contribution in [0, 0.1) is 6.92 Å². The van der Waals surface area contributed by atoms with Crippen molar-refractivity contribution in [3.63, 3.8) is 0 Å². The molecule has 0 fully saturated rings. The summed E-state index contributed by atoms with van der Waals surface area (Å²) in [6.07, 6.45) is -0.211. The number of hydrogen-bond donors (Lipinski definition) is 0. The minimum Gasteiger partial charge on any atom is -0.466 e. The molecule has 5 heteroatoms. The molecule has 0 aliphatic heterocycles. The van der Waals surface area contributed by atoms with E-state index in [1.54, 1.807) is 14.0 Å². The standard InChI is InChI=1S/C14H18BrNO3/c1-4-19-14(18)8-13(17)16(3)9-11-7-12(15)6-5-10(11)2/h5-7H,4,8-9H2,1-3H3. The van der Waals surface area contributed by atoms with Crippen molar-refractivity contribution in [3.05, 3.63) is 33.8 Å². The highest BCUT2D eigenvalue weighted by molar-refractivity contribution is 9.10. The lowest BCUT2D eigenvalue weighted by molar-refractivity contribution is -0.148. The Balaban J connectivity index is 2.63. The summed E-state index contributed by atoms with van der Waals surface area (Å²) in [4.78, 5) is 24.6. The third kappa shape index (κ3) is 5.03. The van der Waals surface area contributed by atoms with Gasteiger partial charge in [0.1, 0.15) is 6.42 Å². The second-order valence-electron chi connectivity index (χ2n) is 4.30. The van der Waals surface area contributed by atoms with E-state index >= 15 is 0 Å².